The molecular formula is C21H26N2O4. The summed E-state index contributed by atoms with van der Waals surface area (Å²) >= 11 is 0. The van der Waals surface area contributed by atoms with E-state index in [0.29, 0.717) is 5.56 Å². The normalized spacial score (nSPS) is 16.9. The molecule has 1 aliphatic carbocycles. The number of nitrogens with one attached hydrogen (secondary N) is 2. The van der Waals surface area contributed by atoms with Crippen LogP contribution in [0.2, 0.25) is 0 Å². The number of amides is 1. The van der Waals surface area contributed by atoms with Crippen LogP contribution in [0.1, 0.15) is 55.6 Å². The lowest BCUT2D eigenvalue weighted by Crippen LogP contribution is -2.46. The molecule has 2 atom stereocenters. The monoisotopic (exact) mass is 370 g/mol. The van der Waals surface area contributed by atoms with E-state index in [1.807, 2.05) is 31.2 Å². The minimum absolute atomic E-state index is 0.0681. The predicted molar refractivity (Wildman–Crippen MR) is 102 cm³/mol. The molecule has 2 aromatic rings. The molecule has 0 radical (unpaired) electrons. The number of para-hydroxylation sites is 1. The standard InChI is InChI=1S/C21H26N2O4/c1-12-18(16-10-6-7-11-17(16)22-12)20(25)13(2)27-21(26)19(23-14(3)24)15-8-4-5-9-15/h6-7,10-11,13,15,19,22H,4-5,8-9H2,1-3H3,(H,23,24)/t13-,19+/m0/s1. The molecule has 6 nitrogen and oxygen atoms in total. The van der Waals surface area contributed by atoms with Gasteiger partial charge in [0.25, 0.3) is 0 Å². The maximum atomic E-state index is 13.0. The summed E-state index contributed by atoms with van der Waals surface area (Å²) in [6.07, 6.45) is 2.91. The average Bonchev–Trinajstić information content (AvgIpc) is 3.25. The number of aryl methyl sites for hydroxylation is 1. The summed E-state index contributed by atoms with van der Waals surface area (Å²) in [4.78, 5) is 40.4. The van der Waals surface area contributed by atoms with Gasteiger partial charge in [-0.15, -0.1) is 0 Å². The maximum absolute atomic E-state index is 13.0. The van der Waals surface area contributed by atoms with Crippen molar-refractivity contribution in [1.82, 2.24) is 10.3 Å². The van der Waals surface area contributed by atoms with Gasteiger partial charge in [0.2, 0.25) is 11.7 Å². The van der Waals surface area contributed by atoms with Gasteiger partial charge in [0.15, 0.2) is 6.10 Å². The molecule has 1 saturated carbocycles. The fourth-order valence-corrected chi connectivity index (χ4v) is 3.98. The van der Waals surface area contributed by atoms with E-state index in [1.54, 1.807) is 6.92 Å². The summed E-state index contributed by atoms with van der Waals surface area (Å²) < 4.78 is 5.50. The number of esters is 1. The number of Topliss-reactive ketones (excluding diaryl/α,β-unsaturated/α-hetero) is 1. The predicted octanol–water partition coefficient (Wildman–Crippen LogP) is 3.29. The number of benzene rings is 1. The van der Waals surface area contributed by atoms with Crippen LogP contribution in [0.15, 0.2) is 24.3 Å². The van der Waals surface area contributed by atoms with E-state index < -0.39 is 18.1 Å². The number of aromatic amines is 1. The molecule has 2 N–H and O–H groups in total. The lowest BCUT2D eigenvalue weighted by Gasteiger charge is -2.24. The molecule has 0 unspecified atom stereocenters. The topological polar surface area (TPSA) is 88.3 Å². The number of fused-ring (bicyclic) bond motifs is 1. The number of carbonyl (C=O) groups is 3. The van der Waals surface area contributed by atoms with E-state index in [2.05, 4.69) is 10.3 Å². The summed E-state index contributed by atoms with van der Waals surface area (Å²) in [5.41, 5.74) is 2.17. The van der Waals surface area contributed by atoms with Crippen LogP contribution < -0.4 is 5.32 Å². The Kier molecular flexibility index (Phi) is 5.63. The molecule has 144 valence electrons. The average molecular weight is 370 g/mol. The van der Waals surface area contributed by atoms with E-state index >= 15 is 0 Å². The highest BCUT2D eigenvalue weighted by Crippen LogP contribution is 2.29. The Hall–Kier alpha value is -2.63. The maximum Gasteiger partial charge on any atom is 0.329 e. The van der Waals surface area contributed by atoms with Crippen LogP contribution in [0.25, 0.3) is 10.9 Å². The van der Waals surface area contributed by atoms with Crippen molar-refractivity contribution in [3.8, 4) is 0 Å². The van der Waals surface area contributed by atoms with Crippen LogP contribution in [-0.4, -0.2) is 34.8 Å². The molecule has 0 spiro atoms. The number of ether oxygens (including phenoxy) is 1. The van der Waals surface area contributed by atoms with E-state index in [9.17, 15) is 14.4 Å². The number of ketones is 1. The number of rotatable bonds is 6. The van der Waals surface area contributed by atoms with E-state index in [0.717, 1.165) is 42.3 Å². The van der Waals surface area contributed by atoms with Crippen molar-refractivity contribution in [1.29, 1.82) is 0 Å². The van der Waals surface area contributed by atoms with Gasteiger partial charge in [0.05, 0.1) is 0 Å². The molecule has 0 saturated heterocycles. The molecule has 27 heavy (non-hydrogen) atoms. The highest BCUT2D eigenvalue weighted by Gasteiger charge is 2.34. The fraction of sp³-hybridized carbons (Fsp3) is 0.476. The molecule has 1 aromatic carbocycles. The van der Waals surface area contributed by atoms with Gasteiger partial charge in [0.1, 0.15) is 6.04 Å². The first-order chi connectivity index (χ1) is 12.9. The van der Waals surface area contributed by atoms with Gasteiger partial charge >= 0.3 is 5.97 Å². The summed E-state index contributed by atoms with van der Waals surface area (Å²) in [5.74, 6) is -0.976. The van der Waals surface area contributed by atoms with Crippen molar-refractivity contribution in [2.24, 2.45) is 5.92 Å². The number of aromatic nitrogens is 1. The van der Waals surface area contributed by atoms with Crippen LogP contribution in [0.3, 0.4) is 0 Å². The zero-order valence-corrected chi connectivity index (χ0v) is 16.0. The van der Waals surface area contributed by atoms with Crippen molar-refractivity contribution in [2.45, 2.75) is 58.6 Å². The van der Waals surface area contributed by atoms with Gasteiger partial charge in [0, 0.05) is 29.1 Å². The third kappa shape index (κ3) is 4.04. The quantitative estimate of drug-likeness (QED) is 0.603. The fourth-order valence-electron chi connectivity index (χ4n) is 3.98. The van der Waals surface area contributed by atoms with Crippen molar-refractivity contribution < 1.29 is 19.1 Å². The third-order valence-corrected chi connectivity index (χ3v) is 5.29. The number of hydrogen-bond donors (Lipinski definition) is 2. The zero-order valence-electron chi connectivity index (χ0n) is 16.0. The van der Waals surface area contributed by atoms with Gasteiger partial charge in [-0.25, -0.2) is 4.79 Å². The van der Waals surface area contributed by atoms with Crippen LogP contribution in [0.4, 0.5) is 0 Å². The van der Waals surface area contributed by atoms with E-state index in [-0.39, 0.29) is 17.6 Å². The lowest BCUT2D eigenvalue weighted by molar-refractivity contribution is -0.151. The zero-order chi connectivity index (χ0) is 19.6. The summed E-state index contributed by atoms with van der Waals surface area (Å²) in [6, 6.07) is 6.86. The molecule has 0 bridgehead atoms. The second-order valence-electron chi connectivity index (χ2n) is 7.34. The largest absolute Gasteiger partial charge is 0.453 e. The first-order valence-electron chi connectivity index (χ1n) is 9.47. The number of hydrogen-bond acceptors (Lipinski definition) is 4. The second kappa shape index (κ2) is 7.94. The highest BCUT2D eigenvalue weighted by atomic mass is 16.5. The Labute approximate surface area is 158 Å². The molecule has 6 heteroatoms. The van der Waals surface area contributed by atoms with Crippen molar-refractivity contribution >= 4 is 28.6 Å². The Balaban J connectivity index is 1.77. The molecule has 1 aromatic heterocycles. The Bertz CT molecular complexity index is 864. The molecule has 1 fully saturated rings. The SMILES string of the molecule is CC(=O)N[C@@H](C(=O)O[C@@H](C)C(=O)c1c(C)[nH]c2ccccc12)C1CCCC1. The summed E-state index contributed by atoms with van der Waals surface area (Å²) in [5, 5.41) is 3.53. The van der Waals surface area contributed by atoms with Crippen LogP contribution in [-0.2, 0) is 14.3 Å². The molecule has 0 aliphatic heterocycles. The number of carbonyl (C=O) groups excluding carboxylic acids is 3. The molecule has 1 aliphatic rings. The lowest BCUT2D eigenvalue weighted by atomic mass is 9.98. The first-order valence-corrected chi connectivity index (χ1v) is 9.47. The Morgan fingerprint density at radius 3 is 2.52 bits per heavy atom. The Morgan fingerprint density at radius 1 is 1.19 bits per heavy atom. The van der Waals surface area contributed by atoms with Gasteiger partial charge < -0.3 is 15.0 Å². The first kappa shape index (κ1) is 19.1. The number of H-pyrrole nitrogens is 1. The van der Waals surface area contributed by atoms with Crippen molar-refractivity contribution in [3.05, 3.63) is 35.5 Å². The molecule has 1 amide bonds. The van der Waals surface area contributed by atoms with E-state index in [4.69, 9.17) is 4.74 Å². The van der Waals surface area contributed by atoms with Crippen LogP contribution in [0.5, 0.6) is 0 Å². The van der Waals surface area contributed by atoms with Crippen LogP contribution in [0, 0.1) is 12.8 Å². The minimum atomic E-state index is -0.923. The molecular weight excluding hydrogens is 344 g/mol. The van der Waals surface area contributed by atoms with Crippen molar-refractivity contribution in [3.63, 3.8) is 0 Å². The van der Waals surface area contributed by atoms with Gasteiger partial charge in [-0.3, -0.25) is 9.59 Å². The van der Waals surface area contributed by atoms with Crippen molar-refractivity contribution in [2.75, 3.05) is 0 Å². The van der Waals surface area contributed by atoms with E-state index in [1.165, 1.54) is 6.92 Å². The smallest absolute Gasteiger partial charge is 0.329 e. The van der Waals surface area contributed by atoms with Gasteiger partial charge in [-0.05, 0) is 38.7 Å². The summed E-state index contributed by atoms with van der Waals surface area (Å²) in [6.45, 7) is 4.81. The third-order valence-electron chi connectivity index (χ3n) is 5.29. The minimum Gasteiger partial charge on any atom is -0.453 e. The second-order valence-corrected chi connectivity index (χ2v) is 7.34. The van der Waals surface area contributed by atoms with Gasteiger partial charge in [-0.1, -0.05) is 31.0 Å². The highest BCUT2D eigenvalue weighted by molar-refractivity contribution is 6.11. The molecule has 1 heterocycles. The van der Waals surface area contributed by atoms with Crippen LogP contribution >= 0.6 is 0 Å². The Morgan fingerprint density at radius 2 is 1.85 bits per heavy atom. The molecule has 3 rings (SSSR count). The van der Waals surface area contributed by atoms with Gasteiger partial charge in [-0.2, -0.15) is 0 Å². The summed E-state index contributed by atoms with van der Waals surface area (Å²) in [7, 11) is 0.